The van der Waals surface area contributed by atoms with Crippen molar-refractivity contribution in [3.8, 4) is 0 Å². The van der Waals surface area contributed by atoms with Crippen LogP contribution in [0.15, 0.2) is 28.7 Å². The van der Waals surface area contributed by atoms with Gasteiger partial charge in [-0.25, -0.2) is 0 Å². The molecule has 0 spiro atoms. The van der Waals surface area contributed by atoms with Gasteiger partial charge in [0.25, 0.3) is 0 Å². The Morgan fingerprint density at radius 3 is 2.84 bits per heavy atom. The summed E-state index contributed by atoms with van der Waals surface area (Å²) in [7, 11) is 0. The molecule has 0 saturated heterocycles. The summed E-state index contributed by atoms with van der Waals surface area (Å²) in [6.45, 7) is 4.61. The molecule has 3 unspecified atom stereocenters. The lowest BCUT2D eigenvalue weighted by Gasteiger charge is -2.32. The summed E-state index contributed by atoms with van der Waals surface area (Å²) in [4.78, 5) is 0. The number of benzene rings is 1. The van der Waals surface area contributed by atoms with Crippen LogP contribution < -0.4 is 5.32 Å². The summed E-state index contributed by atoms with van der Waals surface area (Å²) in [5, 5.41) is 3.89. The van der Waals surface area contributed by atoms with Crippen molar-refractivity contribution in [2.24, 2.45) is 5.92 Å². The first-order valence-corrected chi connectivity index (χ1v) is 8.53. The second kappa shape index (κ2) is 7.44. The third-order valence-corrected chi connectivity index (χ3v) is 4.95. The van der Waals surface area contributed by atoms with Crippen molar-refractivity contribution >= 4 is 15.9 Å². The molecule has 1 nitrogen and oxygen atoms in total. The predicted octanol–water partition coefficient (Wildman–Crippen LogP) is 5.46. The number of hydrogen-bond acceptors (Lipinski definition) is 1. The Hall–Kier alpha value is -0.340. The van der Waals surface area contributed by atoms with E-state index in [9.17, 15) is 0 Å². The molecule has 1 aromatic rings. The Balaban J connectivity index is 1.99. The van der Waals surface area contributed by atoms with Crippen LogP contribution in [0.4, 0.5) is 0 Å². The fourth-order valence-corrected chi connectivity index (χ4v) is 3.69. The van der Waals surface area contributed by atoms with E-state index < -0.39 is 0 Å². The molecule has 0 aliphatic heterocycles. The summed E-state index contributed by atoms with van der Waals surface area (Å²) >= 11 is 3.58. The summed E-state index contributed by atoms with van der Waals surface area (Å²) in [5.41, 5.74) is 1.41. The molecule has 0 amide bonds. The van der Waals surface area contributed by atoms with E-state index in [2.05, 4.69) is 59.4 Å². The van der Waals surface area contributed by atoms with Gasteiger partial charge in [0.2, 0.25) is 0 Å². The van der Waals surface area contributed by atoms with Crippen molar-refractivity contribution in [1.29, 1.82) is 0 Å². The van der Waals surface area contributed by atoms with Crippen LogP contribution in [0.2, 0.25) is 0 Å². The summed E-state index contributed by atoms with van der Waals surface area (Å²) in [6, 6.07) is 9.94. The van der Waals surface area contributed by atoms with Gasteiger partial charge in [-0.15, -0.1) is 0 Å². The van der Waals surface area contributed by atoms with Crippen LogP contribution in [0.25, 0.3) is 0 Å². The molecule has 2 rings (SSSR count). The summed E-state index contributed by atoms with van der Waals surface area (Å²) in [5.74, 6) is 0.936. The van der Waals surface area contributed by atoms with E-state index in [1.807, 2.05) is 0 Å². The second-order valence-electron chi connectivity index (χ2n) is 5.82. The summed E-state index contributed by atoms with van der Waals surface area (Å²) < 4.78 is 1.18. The predicted molar refractivity (Wildman–Crippen MR) is 86.3 cm³/mol. The zero-order chi connectivity index (χ0) is 13.7. The molecule has 2 heteroatoms. The molecule has 0 heterocycles. The van der Waals surface area contributed by atoms with Gasteiger partial charge in [0.1, 0.15) is 0 Å². The molecule has 1 N–H and O–H groups in total. The first-order valence-electron chi connectivity index (χ1n) is 7.74. The van der Waals surface area contributed by atoms with Crippen LogP contribution in [-0.2, 0) is 0 Å². The molecule has 3 atom stereocenters. The Kier molecular flexibility index (Phi) is 5.90. The molecule has 19 heavy (non-hydrogen) atoms. The first kappa shape index (κ1) is 15.1. The van der Waals surface area contributed by atoms with Crippen molar-refractivity contribution in [3.05, 3.63) is 34.3 Å². The quantitative estimate of drug-likeness (QED) is 0.758. The van der Waals surface area contributed by atoms with Gasteiger partial charge in [-0.1, -0.05) is 61.2 Å². The van der Waals surface area contributed by atoms with Crippen LogP contribution >= 0.6 is 15.9 Å². The molecule has 1 aliphatic rings. The van der Waals surface area contributed by atoms with Crippen molar-refractivity contribution in [3.63, 3.8) is 0 Å². The van der Waals surface area contributed by atoms with Gasteiger partial charge in [-0.2, -0.15) is 0 Å². The fraction of sp³-hybridized carbons (Fsp3) is 0.647. The van der Waals surface area contributed by atoms with E-state index in [4.69, 9.17) is 0 Å². The van der Waals surface area contributed by atoms with Crippen molar-refractivity contribution < 1.29 is 0 Å². The van der Waals surface area contributed by atoms with Crippen molar-refractivity contribution in [2.45, 2.75) is 64.5 Å². The smallest absolute Gasteiger partial charge is 0.0320 e. The maximum absolute atomic E-state index is 3.89. The Bertz CT molecular complexity index is 391. The van der Waals surface area contributed by atoms with E-state index in [0.717, 1.165) is 12.3 Å². The molecule has 0 aromatic heterocycles. The third-order valence-electron chi connectivity index (χ3n) is 4.46. The Morgan fingerprint density at radius 1 is 1.32 bits per heavy atom. The van der Waals surface area contributed by atoms with Crippen LogP contribution in [-0.4, -0.2) is 6.04 Å². The topological polar surface area (TPSA) is 12.0 Å². The fourth-order valence-electron chi connectivity index (χ4n) is 3.27. The van der Waals surface area contributed by atoms with E-state index in [0.29, 0.717) is 12.1 Å². The second-order valence-corrected chi connectivity index (χ2v) is 6.74. The van der Waals surface area contributed by atoms with E-state index in [-0.39, 0.29) is 0 Å². The molecule has 0 radical (unpaired) electrons. The minimum Gasteiger partial charge on any atom is -0.307 e. The van der Waals surface area contributed by atoms with Crippen LogP contribution in [0.1, 0.15) is 64.0 Å². The molecular formula is C17H26BrN. The molecule has 1 aromatic carbocycles. The number of rotatable bonds is 5. The lowest BCUT2D eigenvalue weighted by Crippen LogP contribution is -2.36. The van der Waals surface area contributed by atoms with Crippen LogP contribution in [0.5, 0.6) is 0 Å². The van der Waals surface area contributed by atoms with E-state index >= 15 is 0 Å². The van der Waals surface area contributed by atoms with Gasteiger partial charge >= 0.3 is 0 Å². The minimum absolute atomic E-state index is 0.498. The van der Waals surface area contributed by atoms with Crippen molar-refractivity contribution in [1.82, 2.24) is 5.32 Å². The molecular weight excluding hydrogens is 298 g/mol. The first-order chi connectivity index (χ1) is 9.22. The zero-order valence-corrected chi connectivity index (χ0v) is 13.7. The standard InChI is InChI=1S/C17H26BrN/c1-3-13-7-5-10-16(11-13)19-17(4-2)14-8-6-9-15(18)12-14/h6,8-9,12-13,16-17,19H,3-5,7,10-11H2,1-2H3. The van der Waals surface area contributed by atoms with Gasteiger partial charge in [0.05, 0.1) is 0 Å². The molecule has 106 valence electrons. The highest BCUT2D eigenvalue weighted by Gasteiger charge is 2.23. The monoisotopic (exact) mass is 323 g/mol. The van der Waals surface area contributed by atoms with Gasteiger partial charge in [0.15, 0.2) is 0 Å². The van der Waals surface area contributed by atoms with Crippen molar-refractivity contribution in [2.75, 3.05) is 0 Å². The molecule has 1 saturated carbocycles. The molecule has 1 fully saturated rings. The minimum atomic E-state index is 0.498. The lowest BCUT2D eigenvalue weighted by atomic mass is 9.83. The highest BCUT2D eigenvalue weighted by Crippen LogP contribution is 2.29. The molecule has 1 aliphatic carbocycles. The normalized spacial score (nSPS) is 25.2. The van der Waals surface area contributed by atoms with Crippen LogP contribution in [0.3, 0.4) is 0 Å². The number of hydrogen-bond donors (Lipinski definition) is 1. The number of nitrogens with one attached hydrogen (secondary N) is 1. The Labute approximate surface area is 126 Å². The lowest BCUT2D eigenvalue weighted by molar-refractivity contribution is 0.260. The van der Waals surface area contributed by atoms with E-state index in [1.165, 1.54) is 42.1 Å². The van der Waals surface area contributed by atoms with Crippen LogP contribution in [0, 0.1) is 5.92 Å². The highest BCUT2D eigenvalue weighted by molar-refractivity contribution is 9.10. The third kappa shape index (κ3) is 4.32. The zero-order valence-electron chi connectivity index (χ0n) is 12.2. The summed E-state index contributed by atoms with van der Waals surface area (Å²) in [6.07, 6.45) is 8.03. The van der Waals surface area contributed by atoms with E-state index in [1.54, 1.807) is 0 Å². The average Bonchev–Trinajstić information content (AvgIpc) is 2.45. The maximum atomic E-state index is 3.89. The molecule has 0 bridgehead atoms. The van der Waals surface area contributed by atoms with Gasteiger partial charge in [-0.05, 0) is 42.9 Å². The average molecular weight is 324 g/mol. The Morgan fingerprint density at radius 2 is 2.16 bits per heavy atom. The van der Waals surface area contributed by atoms with Gasteiger partial charge in [-0.3, -0.25) is 0 Å². The maximum Gasteiger partial charge on any atom is 0.0320 e. The number of halogens is 1. The highest BCUT2D eigenvalue weighted by atomic mass is 79.9. The van der Waals surface area contributed by atoms with Gasteiger partial charge < -0.3 is 5.32 Å². The van der Waals surface area contributed by atoms with Gasteiger partial charge in [0, 0.05) is 16.6 Å². The largest absolute Gasteiger partial charge is 0.307 e. The SMILES string of the molecule is CCC1CCCC(NC(CC)c2cccc(Br)c2)C1.